The average Bonchev–Trinajstić information content (AvgIpc) is 2.89. The maximum absolute atomic E-state index is 12.5. The van der Waals surface area contributed by atoms with Gasteiger partial charge in [-0.3, -0.25) is 9.59 Å². The summed E-state index contributed by atoms with van der Waals surface area (Å²) in [4.78, 5) is 49.1. The molecule has 226 valence electrons. The first-order chi connectivity index (χ1) is 18.9. The molecule has 11 nitrogen and oxygen atoms in total. The van der Waals surface area contributed by atoms with E-state index < -0.39 is 30.4 Å². The average molecular weight is 568 g/mol. The number of carbonyl (C=O) groups excluding carboxylic acids is 4. The van der Waals surface area contributed by atoms with E-state index in [9.17, 15) is 19.2 Å². The lowest BCUT2D eigenvalue weighted by atomic mass is 10.0. The summed E-state index contributed by atoms with van der Waals surface area (Å²) in [6.45, 7) is 13.6. The number of ether oxygens (including phenoxy) is 6. The Morgan fingerprint density at radius 3 is 1.93 bits per heavy atom. The van der Waals surface area contributed by atoms with Gasteiger partial charge in [-0.25, -0.2) is 9.59 Å². The molecule has 1 rings (SSSR count). The first-order valence-corrected chi connectivity index (χ1v) is 13.7. The van der Waals surface area contributed by atoms with Crippen LogP contribution in [0.1, 0.15) is 66.9 Å². The van der Waals surface area contributed by atoms with Crippen molar-refractivity contribution >= 4 is 24.2 Å². The summed E-state index contributed by atoms with van der Waals surface area (Å²) in [5.74, 6) is -0.979. The van der Waals surface area contributed by atoms with Crippen molar-refractivity contribution in [3.63, 3.8) is 0 Å². The van der Waals surface area contributed by atoms with E-state index in [1.54, 1.807) is 13.0 Å². The number of benzene rings is 1. The standard InChI is InChI=1S/C29H45NO10/c1-9-10-20(6)26(31)38-21(7)15-30-23(27(32)35-8)13-22-11-12-24(39-28(33)36-16-18(2)3)25(14-22)40-29(34)37-17-19(4)5/h11-12,14,18-21,23,30H,9-10,13,15-17H2,1-8H3/t20?,21?,23-/m0/s1. The van der Waals surface area contributed by atoms with Crippen molar-refractivity contribution in [2.75, 3.05) is 26.9 Å². The molecule has 40 heavy (non-hydrogen) atoms. The minimum absolute atomic E-state index is 0.0525. The maximum atomic E-state index is 12.5. The molecule has 2 unspecified atom stereocenters. The summed E-state index contributed by atoms with van der Waals surface area (Å²) >= 11 is 0. The number of methoxy groups -OCH3 is 1. The number of nitrogens with one attached hydrogen (secondary N) is 1. The van der Waals surface area contributed by atoms with E-state index in [4.69, 9.17) is 28.4 Å². The predicted molar refractivity (Wildman–Crippen MR) is 147 cm³/mol. The van der Waals surface area contributed by atoms with E-state index in [1.165, 1.54) is 19.2 Å². The van der Waals surface area contributed by atoms with E-state index in [0.29, 0.717) is 5.56 Å². The Bertz CT molecular complexity index is 962. The summed E-state index contributed by atoms with van der Waals surface area (Å²) in [5, 5.41) is 3.07. The molecule has 0 spiro atoms. The zero-order valence-electron chi connectivity index (χ0n) is 24.9. The number of hydrogen-bond donors (Lipinski definition) is 1. The van der Waals surface area contributed by atoms with Crippen LogP contribution in [0.5, 0.6) is 11.5 Å². The normalized spacial score (nSPS) is 13.2. The maximum Gasteiger partial charge on any atom is 0.513 e. The third kappa shape index (κ3) is 13.6. The molecule has 1 aromatic rings. The van der Waals surface area contributed by atoms with Crippen molar-refractivity contribution < 1.29 is 47.6 Å². The number of hydrogen-bond acceptors (Lipinski definition) is 11. The highest BCUT2D eigenvalue weighted by Gasteiger charge is 2.24. The van der Waals surface area contributed by atoms with E-state index in [1.807, 2.05) is 41.5 Å². The third-order valence-corrected chi connectivity index (χ3v) is 5.48. The van der Waals surface area contributed by atoms with Crippen molar-refractivity contribution in [1.82, 2.24) is 5.32 Å². The molecular weight excluding hydrogens is 522 g/mol. The second-order valence-corrected chi connectivity index (χ2v) is 10.5. The number of rotatable bonds is 16. The van der Waals surface area contributed by atoms with Crippen LogP contribution in [0.4, 0.5) is 9.59 Å². The van der Waals surface area contributed by atoms with Gasteiger partial charge in [0.2, 0.25) is 0 Å². The molecule has 0 saturated heterocycles. The topological polar surface area (TPSA) is 136 Å². The molecule has 3 atom stereocenters. The van der Waals surface area contributed by atoms with Crippen LogP contribution in [0.2, 0.25) is 0 Å². The van der Waals surface area contributed by atoms with Crippen molar-refractivity contribution in [2.45, 2.75) is 79.9 Å². The Labute approximate surface area is 237 Å². The Balaban J connectivity index is 3.04. The molecule has 11 heteroatoms. The third-order valence-electron chi connectivity index (χ3n) is 5.48. The lowest BCUT2D eigenvalue weighted by Crippen LogP contribution is -2.43. The molecule has 0 aromatic heterocycles. The van der Waals surface area contributed by atoms with Gasteiger partial charge in [0.15, 0.2) is 11.5 Å². The van der Waals surface area contributed by atoms with Gasteiger partial charge in [0.25, 0.3) is 0 Å². The van der Waals surface area contributed by atoms with Crippen LogP contribution in [-0.4, -0.2) is 63.3 Å². The van der Waals surface area contributed by atoms with Gasteiger partial charge in [0.05, 0.1) is 26.2 Å². The van der Waals surface area contributed by atoms with Gasteiger partial charge in [0.1, 0.15) is 12.1 Å². The highest BCUT2D eigenvalue weighted by atomic mass is 16.7. The van der Waals surface area contributed by atoms with Crippen LogP contribution in [0.3, 0.4) is 0 Å². The molecule has 0 heterocycles. The molecule has 0 bridgehead atoms. The van der Waals surface area contributed by atoms with Crippen LogP contribution < -0.4 is 14.8 Å². The van der Waals surface area contributed by atoms with E-state index >= 15 is 0 Å². The van der Waals surface area contributed by atoms with Crippen molar-refractivity contribution in [3.8, 4) is 11.5 Å². The van der Waals surface area contributed by atoms with Gasteiger partial charge >= 0.3 is 24.2 Å². The monoisotopic (exact) mass is 567 g/mol. The summed E-state index contributed by atoms with van der Waals surface area (Å²) < 4.78 is 31.2. The zero-order valence-corrected chi connectivity index (χ0v) is 24.9. The van der Waals surface area contributed by atoms with E-state index in [-0.39, 0.29) is 61.4 Å². The minimum atomic E-state index is -0.971. The van der Waals surface area contributed by atoms with Crippen LogP contribution in [0.15, 0.2) is 18.2 Å². The fourth-order valence-electron chi connectivity index (χ4n) is 3.38. The van der Waals surface area contributed by atoms with Crippen LogP contribution in [0.25, 0.3) is 0 Å². The molecule has 0 amide bonds. The Hall–Kier alpha value is -3.34. The fourth-order valence-corrected chi connectivity index (χ4v) is 3.38. The largest absolute Gasteiger partial charge is 0.513 e. The molecule has 1 aromatic carbocycles. The lowest BCUT2D eigenvalue weighted by molar-refractivity contribution is -0.152. The predicted octanol–water partition coefficient (Wildman–Crippen LogP) is 5.07. The van der Waals surface area contributed by atoms with Crippen LogP contribution >= 0.6 is 0 Å². The lowest BCUT2D eigenvalue weighted by Gasteiger charge is -2.21. The molecule has 1 N–H and O–H groups in total. The Kier molecular flexibility index (Phi) is 15.7. The minimum Gasteiger partial charge on any atom is -0.468 e. The summed E-state index contributed by atoms with van der Waals surface area (Å²) in [6, 6.07) is 3.72. The van der Waals surface area contributed by atoms with Gasteiger partial charge in [-0.1, -0.05) is 54.0 Å². The smallest absolute Gasteiger partial charge is 0.468 e. The van der Waals surface area contributed by atoms with Gasteiger partial charge in [0, 0.05) is 6.54 Å². The second-order valence-electron chi connectivity index (χ2n) is 10.5. The molecular formula is C29H45NO10. The quantitative estimate of drug-likeness (QED) is 0.163. The molecule has 0 fully saturated rings. The second kappa shape index (κ2) is 18.1. The highest BCUT2D eigenvalue weighted by molar-refractivity contribution is 5.76. The number of carbonyl (C=O) groups is 4. The summed E-state index contributed by atoms with van der Waals surface area (Å²) in [7, 11) is 1.27. The number of esters is 2. The van der Waals surface area contributed by atoms with Gasteiger partial charge < -0.3 is 33.7 Å². The Morgan fingerprint density at radius 2 is 1.40 bits per heavy atom. The molecule has 0 aliphatic heterocycles. The van der Waals surface area contributed by atoms with E-state index in [0.717, 1.165) is 12.8 Å². The first kappa shape index (κ1) is 34.7. The molecule has 0 radical (unpaired) electrons. The Morgan fingerprint density at radius 1 is 0.825 bits per heavy atom. The zero-order chi connectivity index (χ0) is 30.2. The van der Waals surface area contributed by atoms with Crippen LogP contribution in [-0.2, 0) is 35.0 Å². The molecule has 0 saturated carbocycles. The van der Waals surface area contributed by atoms with Crippen molar-refractivity contribution in [3.05, 3.63) is 23.8 Å². The highest BCUT2D eigenvalue weighted by Crippen LogP contribution is 2.30. The van der Waals surface area contributed by atoms with Gasteiger partial charge in [-0.2, -0.15) is 0 Å². The SMILES string of the molecule is CCCC(C)C(=O)OC(C)CN[C@@H](Cc1ccc(OC(=O)OCC(C)C)c(OC(=O)OCC(C)C)c1)C(=O)OC. The van der Waals surface area contributed by atoms with Crippen LogP contribution in [0, 0.1) is 17.8 Å². The van der Waals surface area contributed by atoms with E-state index in [2.05, 4.69) is 5.32 Å². The summed E-state index contributed by atoms with van der Waals surface area (Å²) in [5.41, 5.74) is 0.568. The summed E-state index contributed by atoms with van der Waals surface area (Å²) in [6.07, 6.45) is -0.670. The molecule has 0 aliphatic carbocycles. The van der Waals surface area contributed by atoms with Gasteiger partial charge in [-0.05, 0) is 49.3 Å². The first-order valence-electron chi connectivity index (χ1n) is 13.7. The molecule has 0 aliphatic rings. The van der Waals surface area contributed by atoms with Crippen molar-refractivity contribution in [1.29, 1.82) is 0 Å². The van der Waals surface area contributed by atoms with Crippen molar-refractivity contribution in [2.24, 2.45) is 17.8 Å². The fraction of sp³-hybridized carbons (Fsp3) is 0.655. The van der Waals surface area contributed by atoms with Gasteiger partial charge in [-0.15, -0.1) is 0 Å².